The Morgan fingerprint density at radius 1 is 1.54 bits per heavy atom. The molecule has 1 rings (SSSR count). The van der Waals surface area contributed by atoms with E-state index in [1.54, 1.807) is 6.20 Å². The zero-order valence-electron chi connectivity index (χ0n) is 8.33. The first-order valence-corrected chi connectivity index (χ1v) is 4.59. The molecule has 0 unspecified atom stereocenters. The van der Waals surface area contributed by atoms with Crippen LogP contribution >= 0.6 is 0 Å². The van der Waals surface area contributed by atoms with Crippen molar-refractivity contribution in [2.45, 2.75) is 20.4 Å². The average molecular weight is 179 g/mol. The van der Waals surface area contributed by atoms with Gasteiger partial charge in [0.25, 0.3) is 0 Å². The molecule has 1 N–H and O–H groups in total. The van der Waals surface area contributed by atoms with Gasteiger partial charge in [-0.1, -0.05) is 11.6 Å². The normalized spacial score (nSPS) is 10.0. The second-order valence-electron chi connectivity index (χ2n) is 3.29. The lowest BCUT2D eigenvalue weighted by Crippen LogP contribution is -2.19. The summed E-state index contributed by atoms with van der Waals surface area (Å²) in [4.78, 5) is 3.97. The maximum absolute atomic E-state index is 3.97. The van der Waals surface area contributed by atoms with E-state index in [4.69, 9.17) is 0 Å². The van der Waals surface area contributed by atoms with Crippen LogP contribution in [-0.4, -0.2) is 22.6 Å². The molecular weight excluding hydrogens is 162 g/mol. The minimum Gasteiger partial charge on any atom is -0.336 e. The van der Waals surface area contributed by atoms with Gasteiger partial charge in [0.15, 0.2) is 0 Å². The molecule has 0 fully saturated rings. The number of rotatable bonds is 5. The number of aromatic nitrogens is 2. The van der Waals surface area contributed by atoms with Crippen LogP contribution in [0.1, 0.15) is 13.8 Å². The Hall–Kier alpha value is -1.09. The van der Waals surface area contributed by atoms with Gasteiger partial charge in [-0.2, -0.15) is 0 Å². The van der Waals surface area contributed by atoms with E-state index >= 15 is 0 Å². The quantitative estimate of drug-likeness (QED) is 0.547. The van der Waals surface area contributed by atoms with Crippen molar-refractivity contribution >= 4 is 0 Å². The van der Waals surface area contributed by atoms with Gasteiger partial charge in [-0.3, -0.25) is 0 Å². The van der Waals surface area contributed by atoms with Crippen molar-refractivity contribution in [3.05, 3.63) is 30.4 Å². The molecule has 72 valence electrons. The Balaban J connectivity index is 2.05. The molecule has 1 aromatic rings. The molecule has 1 heterocycles. The second kappa shape index (κ2) is 5.54. The summed E-state index contributed by atoms with van der Waals surface area (Å²) in [6.45, 7) is 7.14. The van der Waals surface area contributed by atoms with Crippen LogP contribution in [0.2, 0.25) is 0 Å². The molecule has 0 amide bonds. The predicted molar refractivity (Wildman–Crippen MR) is 54.5 cm³/mol. The summed E-state index contributed by atoms with van der Waals surface area (Å²) in [7, 11) is 0. The van der Waals surface area contributed by atoms with Crippen molar-refractivity contribution in [1.29, 1.82) is 0 Å². The molecule has 3 nitrogen and oxygen atoms in total. The lowest BCUT2D eigenvalue weighted by atomic mass is 10.3. The van der Waals surface area contributed by atoms with Gasteiger partial charge in [-0.05, 0) is 13.8 Å². The van der Waals surface area contributed by atoms with Crippen LogP contribution in [0.4, 0.5) is 0 Å². The summed E-state index contributed by atoms with van der Waals surface area (Å²) < 4.78 is 2.06. The van der Waals surface area contributed by atoms with E-state index in [0.29, 0.717) is 0 Å². The molecule has 0 saturated carbocycles. The first kappa shape index (κ1) is 9.99. The molecule has 0 aliphatic heterocycles. The summed E-state index contributed by atoms with van der Waals surface area (Å²) >= 11 is 0. The van der Waals surface area contributed by atoms with Crippen LogP contribution in [0.3, 0.4) is 0 Å². The van der Waals surface area contributed by atoms with E-state index in [0.717, 1.165) is 19.6 Å². The molecule has 0 aromatic carbocycles. The minimum absolute atomic E-state index is 0.955. The molecule has 0 atom stereocenters. The second-order valence-corrected chi connectivity index (χ2v) is 3.29. The highest BCUT2D eigenvalue weighted by Gasteiger charge is 1.87. The van der Waals surface area contributed by atoms with E-state index in [9.17, 15) is 0 Å². The number of hydrogen-bond acceptors (Lipinski definition) is 2. The van der Waals surface area contributed by atoms with Crippen molar-refractivity contribution in [3.8, 4) is 0 Å². The summed E-state index contributed by atoms with van der Waals surface area (Å²) in [6, 6.07) is 0. The molecular formula is C10H17N3. The molecule has 0 aliphatic rings. The fourth-order valence-corrected chi connectivity index (χ4v) is 1.01. The maximum atomic E-state index is 3.97. The molecule has 0 saturated heterocycles. The van der Waals surface area contributed by atoms with Gasteiger partial charge < -0.3 is 9.88 Å². The zero-order chi connectivity index (χ0) is 9.52. The van der Waals surface area contributed by atoms with Gasteiger partial charge >= 0.3 is 0 Å². The van der Waals surface area contributed by atoms with Crippen molar-refractivity contribution in [3.63, 3.8) is 0 Å². The Morgan fingerprint density at radius 2 is 2.38 bits per heavy atom. The highest BCUT2D eigenvalue weighted by Crippen LogP contribution is 1.86. The van der Waals surface area contributed by atoms with Gasteiger partial charge in [0.1, 0.15) is 0 Å². The summed E-state index contributed by atoms with van der Waals surface area (Å²) in [5.74, 6) is 0. The van der Waals surface area contributed by atoms with E-state index in [-0.39, 0.29) is 0 Å². The molecule has 0 bridgehead atoms. The molecule has 0 aliphatic carbocycles. The molecule has 0 spiro atoms. The van der Waals surface area contributed by atoms with Gasteiger partial charge in [0.2, 0.25) is 0 Å². The maximum Gasteiger partial charge on any atom is 0.0946 e. The predicted octanol–water partition coefficient (Wildman–Crippen LogP) is 1.44. The molecule has 13 heavy (non-hydrogen) atoms. The van der Waals surface area contributed by atoms with Crippen LogP contribution in [0, 0.1) is 0 Å². The summed E-state index contributed by atoms with van der Waals surface area (Å²) in [6.07, 6.45) is 7.80. The topological polar surface area (TPSA) is 29.9 Å². The number of nitrogens with one attached hydrogen (secondary N) is 1. The van der Waals surface area contributed by atoms with Gasteiger partial charge in [0, 0.05) is 32.0 Å². The Labute approximate surface area is 79.5 Å². The third kappa shape index (κ3) is 4.48. The van der Waals surface area contributed by atoms with E-state index in [2.05, 4.69) is 34.8 Å². The highest BCUT2D eigenvalue weighted by atomic mass is 15.0. The van der Waals surface area contributed by atoms with Crippen molar-refractivity contribution in [2.75, 3.05) is 13.1 Å². The SMILES string of the molecule is CC(C)=CCNCCn1ccnc1. The molecule has 1 aromatic heterocycles. The fourth-order valence-electron chi connectivity index (χ4n) is 1.01. The first-order valence-electron chi connectivity index (χ1n) is 4.59. The van der Waals surface area contributed by atoms with Crippen molar-refractivity contribution in [1.82, 2.24) is 14.9 Å². The van der Waals surface area contributed by atoms with Gasteiger partial charge in [0.05, 0.1) is 6.33 Å². The van der Waals surface area contributed by atoms with E-state index < -0.39 is 0 Å². The largest absolute Gasteiger partial charge is 0.336 e. The fraction of sp³-hybridized carbons (Fsp3) is 0.500. The summed E-state index contributed by atoms with van der Waals surface area (Å²) in [5.41, 5.74) is 1.36. The van der Waals surface area contributed by atoms with Gasteiger partial charge in [-0.25, -0.2) is 4.98 Å². The van der Waals surface area contributed by atoms with E-state index in [1.807, 2.05) is 12.5 Å². The Morgan fingerprint density at radius 3 is 3.00 bits per heavy atom. The van der Waals surface area contributed by atoms with Crippen LogP contribution in [0.5, 0.6) is 0 Å². The third-order valence-electron chi connectivity index (χ3n) is 1.76. The standard InChI is InChI=1S/C10H17N3/c1-10(2)3-4-11-5-7-13-8-6-12-9-13/h3,6,8-9,11H,4-5,7H2,1-2H3. The van der Waals surface area contributed by atoms with Crippen LogP contribution < -0.4 is 5.32 Å². The smallest absolute Gasteiger partial charge is 0.0946 e. The minimum atomic E-state index is 0.955. The highest BCUT2D eigenvalue weighted by molar-refractivity contribution is 4.94. The monoisotopic (exact) mass is 179 g/mol. The van der Waals surface area contributed by atoms with Gasteiger partial charge in [-0.15, -0.1) is 0 Å². The first-order chi connectivity index (χ1) is 6.29. The molecule has 0 radical (unpaired) electrons. The van der Waals surface area contributed by atoms with Crippen molar-refractivity contribution < 1.29 is 0 Å². The lowest BCUT2D eigenvalue weighted by Gasteiger charge is -2.02. The Bertz CT molecular complexity index is 245. The number of hydrogen-bond donors (Lipinski definition) is 1. The van der Waals surface area contributed by atoms with Crippen LogP contribution in [0.25, 0.3) is 0 Å². The van der Waals surface area contributed by atoms with Crippen LogP contribution in [-0.2, 0) is 6.54 Å². The molecule has 3 heteroatoms. The number of nitrogens with zero attached hydrogens (tertiary/aromatic N) is 2. The lowest BCUT2D eigenvalue weighted by molar-refractivity contribution is 0.624. The van der Waals surface area contributed by atoms with Crippen LogP contribution in [0.15, 0.2) is 30.4 Å². The zero-order valence-corrected chi connectivity index (χ0v) is 8.33. The Kier molecular flexibility index (Phi) is 4.26. The van der Waals surface area contributed by atoms with Crippen molar-refractivity contribution in [2.24, 2.45) is 0 Å². The van der Waals surface area contributed by atoms with E-state index in [1.165, 1.54) is 5.57 Å². The average Bonchev–Trinajstić information content (AvgIpc) is 2.55. The number of imidazole rings is 1. The third-order valence-corrected chi connectivity index (χ3v) is 1.76. The number of allylic oxidation sites excluding steroid dienone is 1. The summed E-state index contributed by atoms with van der Waals surface area (Å²) in [5, 5.41) is 3.33.